The van der Waals surface area contributed by atoms with Gasteiger partial charge in [-0.15, -0.1) is 0 Å². The lowest BCUT2D eigenvalue weighted by Crippen LogP contribution is -2.56. The molecule has 2 N–H and O–H groups in total. The van der Waals surface area contributed by atoms with Crippen LogP contribution in [0.15, 0.2) is 40.9 Å². The molecule has 2 fully saturated rings. The van der Waals surface area contributed by atoms with E-state index in [9.17, 15) is 24.3 Å². The molecule has 5 bridgehead atoms. The molecule has 5 rings (SSSR count). The van der Waals surface area contributed by atoms with Gasteiger partial charge in [0, 0.05) is 30.6 Å². The number of aliphatic hydroxyl groups is 1. The lowest BCUT2D eigenvalue weighted by atomic mass is 9.74. The summed E-state index contributed by atoms with van der Waals surface area (Å²) < 4.78 is 12.8. The number of hydrogen-bond acceptors (Lipinski definition) is 7. The summed E-state index contributed by atoms with van der Waals surface area (Å²) in [5, 5.41) is 12.6. The number of fused-ring (bicyclic) bond motifs is 2. The molecule has 6 atom stereocenters. The number of unbranched alkanes of at least 4 members (excludes halogenated alkanes) is 1. The Morgan fingerprint density at radius 2 is 1.95 bits per heavy atom. The van der Waals surface area contributed by atoms with E-state index in [1.807, 2.05) is 25.1 Å². The molecule has 4 aliphatic rings. The van der Waals surface area contributed by atoms with Gasteiger partial charge in [0.25, 0.3) is 5.91 Å². The predicted molar refractivity (Wildman–Crippen MR) is 159 cm³/mol. The molecule has 226 valence electrons. The maximum atomic E-state index is 14.8. The van der Waals surface area contributed by atoms with Crippen molar-refractivity contribution in [2.45, 2.75) is 63.4 Å². The van der Waals surface area contributed by atoms with E-state index in [1.54, 1.807) is 30.0 Å². The average molecular weight is 665 g/mol. The number of nitrogens with one attached hydrogen (secondary N) is 1. The summed E-state index contributed by atoms with van der Waals surface area (Å²) in [7, 11) is 0. The Hall–Kier alpha value is -2.73. The first-order valence-electron chi connectivity index (χ1n) is 14.3. The third-order valence-electron chi connectivity index (χ3n) is 8.36. The smallest absolute Gasteiger partial charge is 0.313 e. The number of nitrogens with zero attached hydrogens (tertiary/aromatic N) is 2. The zero-order chi connectivity index (χ0) is 30.2. The van der Waals surface area contributed by atoms with Crippen molar-refractivity contribution in [2.75, 3.05) is 31.1 Å². The lowest BCUT2D eigenvalue weighted by Gasteiger charge is -2.36. The van der Waals surface area contributed by atoms with Crippen LogP contribution < -0.4 is 10.2 Å². The van der Waals surface area contributed by atoms with Crippen LogP contribution >= 0.6 is 27.5 Å². The Bertz CT molecular complexity index is 1320. The van der Waals surface area contributed by atoms with Crippen LogP contribution in [-0.2, 0) is 28.7 Å². The number of benzene rings is 1. The Balaban J connectivity index is 1.64. The molecule has 1 spiro atoms. The van der Waals surface area contributed by atoms with Gasteiger partial charge in [-0.05, 0) is 50.8 Å². The van der Waals surface area contributed by atoms with Gasteiger partial charge in [-0.1, -0.05) is 51.8 Å². The van der Waals surface area contributed by atoms with Gasteiger partial charge in [0.05, 0.1) is 23.2 Å². The molecule has 1 aromatic carbocycles. The molecular weight excluding hydrogens is 630 g/mol. The summed E-state index contributed by atoms with van der Waals surface area (Å²) in [5.74, 6) is -3.57. The molecule has 42 heavy (non-hydrogen) atoms. The number of halogens is 2. The van der Waals surface area contributed by atoms with Crippen LogP contribution in [0.1, 0.15) is 38.2 Å². The number of rotatable bonds is 5. The van der Waals surface area contributed by atoms with E-state index in [0.29, 0.717) is 34.5 Å². The predicted octanol–water partition coefficient (Wildman–Crippen LogP) is 3.03. The van der Waals surface area contributed by atoms with Crippen LogP contribution in [-0.4, -0.2) is 83.8 Å². The monoisotopic (exact) mass is 663 g/mol. The third kappa shape index (κ3) is 5.40. The average Bonchev–Trinajstić information content (AvgIpc) is 3.53. The summed E-state index contributed by atoms with van der Waals surface area (Å²) in [5.41, 5.74) is -0.140. The quantitative estimate of drug-likeness (QED) is 0.282. The Kier molecular flexibility index (Phi) is 9.13. The number of carbonyl (C=O) groups is 4. The summed E-state index contributed by atoms with van der Waals surface area (Å²) in [6, 6.07) is 4.26. The molecular formula is C30H35BrClN3O7. The van der Waals surface area contributed by atoms with Crippen LogP contribution in [0.3, 0.4) is 0 Å². The number of aryl methyl sites for hydroxylation is 1. The summed E-state index contributed by atoms with van der Waals surface area (Å²) in [6.07, 6.45) is 5.53. The van der Waals surface area contributed by atoms with Crippen molar-refractivity contribution in [3.63, 3.8) is 0 Å². The van der Waals surface area contributed by atoms with Crippen LogP contribution in [0.4, 0.5) is 5.69 Å². The number of hydrogen-bond donors (Lipinski definition) is 2. The molecule has 0 saturated carbocycles. The summed E-state index contributed by atoms with van der Waals surface area (Å²) in [6.45, 7) is 3.93. The molecule has 4 heterocycles. The van der Waals surface area contributed by atoms with Crippen molar-refractivity contribution in [2.24, 2.45) is 11.8 Å². The number of para-hydroxylation sites is 1. The SMILES string of the molecule is Cc1cccc(Cl)c1N1C/C=C\CCC(=O)NC[C@@H](C)OC(=O)[C@@H]2[C@H]3O[C@@]4(C=C3Br)[C@H](C1=O)N(CCCCO)C(=O)[C@@H]24. The van der Waals surface area contributed by atoms with Gasteiger partial charge in [0.15, 0.2) is 0 Å². The fourth-order valence-electron chi connectivity index (χ4n) is 6.48. The second-order valence-corrected chi connectivity index (χ2v) is 12.5. The zero-order valence-electron chi connectivity index (χ0n) is 23.6. The van der Waals surface area contributed by atoms with Crippen molar-refractivity contribution < 1.29 is 33.8 Å². The number of ether oxygens (including phenoxy) is 2. The highest BCUT2D eigenvalue weighted by atomic mass is 79.9. The van der Waals surface area contributed by atoms with Gasteiger partial charge in [-0.3, -0.25) is 19.2 Å². The van der Waals surface area contributed by atoms with Gasteiger partial charge in [0.1, 0.15) is 29.8 Å². The fraction of sp³-hybridized carbons (Fsp3) is 0.533. The second-order valence-electron chi connectivity index (χ2n) is 11.2. The van der Waals surface area contributed by atoms with E-state index in [0.717, 1.165) is 5.56 Å². The number of carbonyl (C=O) groups excluding carboxylic acids is 4. The minimum atomic E-state index is -1.41. The highest BCUT2D eigenvalue weighted by molar-refractivity contribution is 9.11. The van der Waals surface area contributed by atoms with Crippen molar-refractivity contribution >= 4 is 56.9 Å². The zero-order valence-corrected chi connectivity index (χ0v) is 25.9. The first-order valence-corrected chi connectivity index (χ1v) is 15.4. The molecule has 1 aromatic rings. The fourth-order valence-corrected chi connectivity index (χ4v) is 7.54. The molecule has 10 nitrogen and oxygen atoms in total. The van der Waals surface area contributed by atoms with E-state index < -0.39 is 47.6 Å². The molecule has 4 aliphatic heterocycles. The first-order chi connectivity index (χ1) is 20.1. The van der Waals surface area contributed by atoms with Crippen LogP contribution in [0.5, 0.6) is 0 Å². The van der Waals surface area contributed by atoms with Crippen molar-refractivity contribution in [1.29, 1.82) is 0 Å². The Morgan fingerprint density at radius 1 is 1.17 bits per heavy atom. The molecule has 12 heteroatoms. The van der Waals surface area contributed by atoms with E-state index in [2.05, 4.69) is 21.2 Å². The number of anilines is 1. The summed E-state index contributed by atoms with van der Waals surface area (Å²) in [4.78, 5) is 58.0. The van der Waals surface area contributed by atoms with Gasteiger partial charge < -0.3 is 29.7 Å². The highest BCUT2D eigenvalue weighted by Gasteiger charge is 2.75. The second kappa shape index (κ2) is 12.5. The van der Waals surface area contributed by atoms with Crippen molar-refractivity contribution in [1.82, 2.24) is 10.2 Å². The number of cyclic esters (lactones) is 1. The third-order valence-corrected chi connectivity index (χ3v) is 9.35. The molecule has 0 aliphatic carbocycles. The van der Waals surface area contributed by atoms with Gasteiger partial charge >= 0.3 is 5.97 Å². The van der Waals surface area contributed by atoms with E-state index in [1.165, 1.54) is 4.90 Å². The normalized spacial score (nSPS) is 32.5. The van der Waals surface area contributed by atoms with Crippen LogP contribution in [0, 0.1) is 18.8 Å². The van der Waals surface area contributed by atoms with E-state index in [-0.39, 0.29) is 44.5 Å². The molecule has 0 aromatic heterocycles. The minimum absolute atomic E-state index is 0.0572. The van der Waals surface area contributed by atoms with Gasteiger partial charge in [-0.2, -0.15) is 0 Å². The maximum Gasteiger partial charge on any atom is 0.313 e. The number of allylic oxidation sites excluding steroid dienone is 1. The van der Waals surface area contributed by atoms with Crippen LogP contribution in [0.2, 0.25) is 5.02 Å². The minimum Gasteiger partial charge on any atom is -0.460 e. The summed E-state index contributed by atoms with van der Waals surface area (Å²) >= 11 is 10.2. The Morgan fingerprint density at radius 3 is 2.69 bits per heavy atom. The number of amides is 3. The molecule has 0 unspecified atom stereocenters. The van der Waals surface area contributed by atoms with Gasteiger partial charge in [-0.25, -0.2) is 0 Å². The van der Waals surface area contributed by atoms with E-state index in [4.69, 9.17) is 21.1 Å². The topological polar surface area (TPSA) is 125 Å². The van der Waals surface area contributed by atoms with E-state index >= 15 is 0 Å². The number of aliphatic hydroxyl groups excluding tert-OH is 1. The standard InChI is InChI=1S/C30H35BrClN3O7/c1-17-9-8-10-20(32)24(17)34-12-5-3-4-11-21(37)33-16-18(2)41-29(40)22-23-27(38)35(13-6-7-14-36)26(28(34)39)30(23)15-19(31)25(22)42-30/h3,5,8-10,15,18,22-23,25-26,36H,4,6-7,11-14,16H2,1-2H3,(H,33,37)/b5-3-/t18-,22+,23-,25+,26+,30-/m1/s1. The maximum absolute atomic E-state index is 14.8. The Labute approximate surface area is 258 Å². The number of esters is 1. The number of likely N-dealkylation sites (tertiary alicyclic amines) is 1. The molecule has 3 amide bonds. The lowest BCUT2D eigenvalue weighted by molar-refractivity contribution is -0.158. The van der Waals surface area contributed by atoms with Crippen molar-refractivity contribution in [3.05, 3.63) is 51.5 Å². The van der Waals surface area contributed by atoms with Gasteiger partial charge in [0.2, 0.25) is 11.8 Å². The molecule has 0 radical (unpaired) electrons. The highest BCUT2D eigenvalue weighted by Crippen LogP contribution is 2.59. The first kappa shape index (κ1) is 30.7. The molecule has 2 saturated heterocycles. The largest absolute Gasteiger partial charge is 0.460 e. The van der Waals surface area contributed by atoms with Crippen molar-refractivity contribution in [3.8, 4) is 0 Å². The van der Waals surface area contributed by atoms with Crippen LogP contribution in [0.25, 0.3) is 0 Å².